The monoisotopic (exact) mass is 410 g/mol. The molecule has 2 amide bonds. The highest BCUT2D eigenvalue weighted by atomic mass is 16.5. The van der Waals surface area contributed by atoms with E-state index in [1.807, 2.05) is 70.2 Å². The van der Waals surface area contributed by atoms with E-state index in [1.54, 1.807) is 11.8 Å². The Morgan fingerprint density at radius 2 is 1.67 bits per heavy atom. The summed E-state index contributed by atoms with van der Waals surface area (Å²) in [6, 6.07) is 15.3. The predicted molar refractivity (Wildman–Crippen MR) is 121 cm³/mol. The average Bonchev–Trinajstić information content (AvgIpc) is 2.72. The van der Waals surface area contributed by atoms with Crippen molar-refractivity contribution >= 4 is 11.8 Å². The molecule has 5 heteroatoms. The highest BCUT2D eigenvalue weighted by molar-refractivity contribution is 5.88. The summed E-state index contributed by atoms with van der Waals surface area (Å²) in [5, 5.41) is 2.98. The van der Waals surface area contributed by atoms with Crippen molar-refractivity contribution in [3.8, 4) is 5.75 Å². The summed E-state index contributed by atoms with van der Waals surface area (Å²) in [7, 11) is 0. The van der Waals surface area contributed by atoms with Crippen LogP contribution in [0.1, 0.15) is 43.9 Å². The van der Waals surface area contributed by atoms with E-state index in [9.17, 15) is 9.59 Å². The number of ether oxygens (including phenoxy) is 1. The van der Waals surface area contributed by atoms with Crippen LogP contribution in [0.2, 0.25) is 0 Å². The van der Waals surface area contributed by atoms with E-state index in [0.29, 0.717) is 18.7 Å². The van der Waals surface area contributed by atoms with Gasteiger partial charge >= 0.3 is 0 Å². The van der Waals surface area contributed by atoms with Gasteiger partial charge in [-0.15, -0.1) is 0 Å². The third-order valence-corrected chi connectivity index (χ3v) is 5.21. The average molecular weight is 411 g/mol. The molecule has 5 nitrogen and oxygen atoms in total. The summed E-state index contributed by atoms with van der Waals surface area (Å²) < 4.78 is 5.77. The van der Waals surface area contributed by atoms with Gasteiger partial charge in [0.15, 0.2) is 6.61 Å². The van der Waals surface area contributed by atoms with Crippen LogP contribution in [0.3, 0.4) is 0 Å². The molecule has 2 aromatic carbocycles. The molecule has 0 aromatic heterocycles. The van der Waals surface area contributed by atoms with Gasteiger partial charge in [-0.05, 0) is 69.4 Å². The Balaban J connectivity index is 2.09. The summed E-state index contributed by atoms with van der Waals surface area (Å²) in [5.74, 6) is 0.328. The molecule has 2 atom stereocenters. The van der Waals surface area contributed by atoms with Crippen molar-refractivity contribution in [1.29, 1.82) is 0 Å². The smallest absolute Gasteiger partial charge is 0.261 e. The van der Waals surface area contributed by atoms with E-state index in [2.05, 4.69) is 11.4 Å². The second kappa shape index (κ2) is 11.4. The van der Waals surface area contributed by atoms with Crippen LogP contribution in [0, 0.1) is 13.8 Å². The molecule has 0 fully saturated rings. The number of rotatable bonds is 10. The lowest BCUT2D eigenvalue weighted by atomic mass is 10.1. The zero-order chi connectivity index (χ0) is 22.1. The minimum atomic E-state index is -0.571. The van der Waals surface area contributed by atoms with E-state index in [-0.39, 0.29) is 24.5 Å². The van der Waals surface area contributed by atoms with E-state index in [1.165, 1.54) is 0 Å². The standard InChI is InChI=1S/C25H34N2O3/c1-6-20(4)26-25(29)21(5)27(13-12-22-10-8-7-9-11-22)24(28)17-30-23-15-18(2)14-19(3)16-23/h7-11,14-16,20-21H,6,12-13,17H2,1-5H3,(H,26,29)/t20-,21+/m1/s1. The molecule has 30 heavy (non-hydrogen) atoms. The van der Waals surface area contributed by atoms with Crippen LogP contribution in [0.5, 0.6) is 5.75 Å². The van der Waals surface area contributed by atoms with Crippen molar-refractivity contribution in [1.82, 2.24) is 10.2 Å². The molecule has 0 spiro atoms. The third kappa shape index (κ3) is 7.21. The maximum absolute atomic E-state index is 13.0. The lowest BCUT2D eigenvalue weighted by molar-refractivity contribution is -0.141. The Hall–Kier alpha value is -2.82. The minimum absolute atomic E-state index is 0.0672. The van der Waals surface area contributed by atoms with Gasteiger partial charge in [0.25, 0.3) is 5.91 Å². The fourth-order valence-corrected chi connectivity index (χ4v) is 3.28. The highest BCUT2D eigenvalue weighted by Gasteiger charge is 2.26. The first-order chi connectivity index (χ1) is 14.3. The zero-order valence-electron chi connectivity index (χ0n) is 18.8. The normalized spacial score (nSPS) is 12.7. The molecule has 0 aliphatic carbocycles. The van der Waals surface area contributed by atoms with E-state index in [4.69, 9.17) is 4.74 Å². The van der Waals surface area contributed by atoms with E-state index >= 15 is 0 Å². The maximum Gasteiger partial charge on any atom is 0.261 e. The van der Waals surface area contributed by atoms with Crippen LogP contribution in [-0.4, -0.2) is 41.9 Å². The minimum Gasteiger partial charge on any atom is -0.484 e. The van der Waals surface area contributed by atoms with Crippen molar-refractivity contribution in [3.63, 3.8) is 0 Å². The lowest BCUT2D eigenvalue weighted by Gasteiger charge is -2.29. The van der Waals surface area contributed by atoms with Gasteiger partial charge < -0.3 is 15.0 Å². The number of amides is 2. The van der Waals surface area contributed by atoms with Gasteiger partial charge in [0.1, 0.15) is 11.8 Å². The summed E-state index contributed by atoms with van der Waals surface area (Å²) in [4.78, 5) is 27.3. The highest BCUT2D eigenvalue weighted by Crippen LogP contribution is 2.16. The summed E-state index contributed by atoms with van der Waals surface area (Å²) in [6.45, 7) is 10.1. The number of carbonyl (C=O) groups is 2. The van der Waals surface area contributed by atoms with Crippen LogP contribution in [-0.2, 0) is 16.0 Å². The van der Waals surface area contributed by atoms with Gasteiger partial charge in [-0.2, -0.15) is 0 Å². The number of carbonyl (C=O) groups excluding carboxylic acids is 2. The van der Waals surface area contributed by atoms with E-state index in [0.717, 1.165) is 23.1 Å². The summed E-state index contributed by atoms with van der Waals surface area (Å²) >= 11 is 0. The molecule has 0 heterocycles. The van der Waals surface area contributed by atoms with E-state index < -0.39 is 6.04 Å². The first-order valence-electron chi connectivity index (χ1n) is 10.6. The second-order valence-electron chi connectivity index (χ2n) is 7.93. The molecule has 162 valence electrons. The molecule has 0 aliphatic heterocycles. The molecular formula is C25H34N2O3. The Morgan fingerprint density at radius 1 is 1.03 bits per heavy atom. The molecule has 0 radical (unpaired) electrons. The molecule has 0 aliphatic rings. The van der Waals surface area contributed by atoms with Crippen LogP contribution >= 0.6 is 0 Å². The molecule has 2 rings (SSSR count). The Morgan fingerprint density at radius 3 is 2.27 bits per heavy atom. The van der Waals surface area contributed by atoms with Crippen molar-refractivity contribution in [2.75, 3.05) is 13.2 Å². The molecule has 0 saturated carbocycles. The molecule has 2 aromatic rings. The Labute approximate surface area is 180 Å². The Bertz CT molecular complexity index is 815. The van der Waals surface area contributed by atoms with Crippen LogP contribution in [0.4, 0.5) is 0 Å². The van der Waals surface area contributed by atoms with Crippen LogP contribution < -0.4 is 10.1 Å². The number of aryl methyl sites for hydroxylation is 2. The number of hydrogen-bond donors (Lipinski definition) is 1. The van der Waals surface area contributed by atoms with Gasteiger partial charge in [0.2, 0.25) is 5.91 Å². The number of nitrogens with zero attached hydrogens (tertiary/aromatic N) is 1. The maximum atomic E-state index is 13.0. The van der Waals surface area contributed by atoms with Crippen molar-refractivity contribution in [2.24, 2.45) is 0 Å². The largest absolute Gasteiger partial charge is 0.484 e. The van der Waals surface area contributed by atoms with Gasteiger partial charge in [-0.1, -0.05) is 43.3 Å². The quantitative estimate of drug-likeness (QED) is 0.643. The van der Waals surface area contributed by atoms with Gasteiger partial charge in [-0.3, -0.25) is 9.59 Å². The van der Waals surface area contributed by atoms with Gasteiger partial charge in [0, 0.05) is 12.6 Å². The molecule has 1 N–H and O–H groups in total. The fourth-order valence-electron chi connectivity index (χ4n) is 3.28. The number of hydrogen-bond acceptors (Lipinski definition) is 3. The molecule has 0 bridgehead atoms. The van der Waals surface area contributed by atoms with Gasteiger partial charge in [0.05, 0.1) is 0 Å². The van der Waals surface area contributed by atoms with Crippen LogP contribution in [0.25, 0.3) is 0 Å². The first-order valence-corrected chi connectivity index (χ1v) is 10.6. The molecular weight excluding hydrogens is 376 g/mol. The van der Waals surface area contributed by atoms with Crippen molar-refractivity contribution in [2.45, 2.75) is 59.5 Å². The lowest BCUT2D eigenvalue weighted by Crippen LogP contribution is -2.51. The topological polar surface area (TPSA) is 58.6 Å². The van der Waals surface area contributed by atoms with Crippen LogP contribution in [0.15, 0.2) is 48.5 Å². The van der Waals surface area contributed by atoms with Crippen molar-refractivity contribution < 1.29 is 14.3 Å². The summed E-state index contributed by atoms with van der Waals surface area (Å²) in [5.41, 5.74) is 3.29. The predicted octanol–water partition coefficient (Wildman–Crippen LogP) is 4.06. The Kier molecular flexibility index (Phi) is 8.90. The first kappa shape index (κ1) is 23.5. The summed E-state index contributed by atoms with van der Waals surface area (Å²) in [6.07, 6.45) is 1.52. The zero-order valence-corrected chi connectivity index (χ0v) is 18.8. The third-order valence-electron chi connectivity index (χ3n) is 5.21. The fraction of sp³-hybridized carbons (Fsp3) is 0.440. The number of nitrogens with one attached hydrogen (secondary N) is 1. The molecule has 0 unspecified atom stereocenters. The second-order valence-corrected chi connectivity index (χ2v) is 7.93. The van der Waals surface area contributed by atoms with Gasteiger partial charge in [-0.25, -0.2) is 0 Å². The molecule has 0 saturated heterocycles. The SMILES string of the molecule is CC[C@@H](C)NC(=O)[C@H](C)N(CCc1ccccc1)C(=O)COc1cc(C)cc(C)c1. The number of benzene rings is 2. The van der Waals surface area contributed by atoms with Crippen molar-refractivity contribution in [3.05, 3.63) is 65.2 Å².